The molecule has 1 heterocycles. The highest BCUT2D eigenvalue weighted by atomic mass is 28.4. The van der Waals surface area contributed by atoms with Gasteiger partial charge in [0.25, 0.3) is 8.32 Å². The van der Waals surface area contributed by atoms with E-state index >= 15 is 0 Å². The number of benzene rings is 2. The Bertz CT molecular complexity index is 1060. The SMILES string of the molecule is CC(C)(C)[Si](O[C@@H]1C2=C(CC[C@@H]2O)[C@@H]2O[C@H]1C1CC=CCC12)(c1ccccc1)c1ccccc1. The van der Waals surface area contributed by atoms with Crippen molar-refractivity contribution >= 4 is 18.7 Å². The van der Waals surface area contributed by atoms with Crippen LogP contribution in [0.25, 0.3) is 0 Å². The summed E-state index contributed by atoms with van der Waals surface area (Å²) in [5, 5.41) is 13.7. The molecule has 6 atom stereocenters. The van der Waals surface area contributed by atoms with Crippen LogP contribution in [0.3, 0.4) is 0 Å². The van der Waals surface area contributed by atoms with Crippen molar-refractivity contribution in [3.05, 3.63) is 84.0 Å². The van der Waals surface area contributed by atoms with Gasteiger partial charge in [-0.3, -0.25) is 0 Å². The highest BCUT2D eigenvalue weighted by Gasteiger charge is 2.60. The Labute approximate surface area is 204 Å². The lowest BCUT2D eigenvalue weighted by molar-refractivity contribution is -0.0363. The van der Waals surface area contributed by atoms with E-state index in [0.717, 1.165) is 31.3 Å². The van der Waals surface area contributed by atoms with Crippen molar-refractivity contribution in [3.63, 3.8) is 0 Å². The Morgan fingerprint density at radius 2 is 1.47 bits per heavy atom. The summed E-state index contributed by atoms with van der Waals surface area (Å²) in [4.78, 5) is 0. The third kappa shape index (κ3) is 3.26. The molecule has 1 aliphatic heterocycles. The summed E-state index contributed by atoms with van der Waals surface area (Å²) in [6.45, 7) is 6.98. The molecule has 4 aliphatic rings. The summed E-state index contributed by atoms with van der Waals surface area (Å²) < 4.78 is 14.5. The van der Waals surface area contributed by atoms with E-state index in [1.54, 1.807) is 0 Å². The van der Waals surface area contributed by atoms with Crippen LogP contribution in [0.2, 0.25) is 5.04 Å². The Balaban J connectivity index is 1.54. The Hall–Kier alpha value is -1.98. The van der Waals surface area contributed by atoms with E-state index in [1.807, 2.05) is 0 Å². The van der Waals surface area contributed by atoms with Crippen LogP contribution < -0.4 is 10.4 Å². The zero-order valence-corrected chi connectivity index (χ0v) is 21.5. The maximum atomic E-state index is 11.2. The van der Waals surface area contributed by atoms with E-state index in [-0.39, 0.29) is 23.4 Å². The standard InChI is InChI=1S/C30H36O3Si/c1-30(2,3)34(20-12-6-4-7-13-20,21-14-8-5-9-15-21)33-29-26-24(18-19-25(26)31)27-22-16-10-11-17-23(22)28(29)32-27/h4-15,22-23,25,27-29,31H,16-19H2,1-3H3/t22?,23?,25-,27+,28-,29+/m0/s1. The smallest absolute Gasteiger partial charge is 0.262 e. The Kier molecular flexibility index (Phi) is 5.49. The summed E-state index contributed by atoms with van der Waals surface area (Å²) >= 11 is 0. The highest BCUT2D eigenvalue weighted by molar-refractivity contribution is 6.99. The van der Waals surface area contributed by atoms with Crippen LogP contribution in [-0.4, -0.2) is 37.8 Å². The van der Waals surface area contributed by atoms with Gasteiger partial charge in [-0.1, -0.05) is 93.6 Å². The van der Waals surface area contributed by atoms with Gasteiger partial charge in [-0.15, -0.1) is 0 Å². The number of aliphatic hydroxyl groups excluding tert-OH is 1. The van der Waals surface area contributed by atoms with Gasteiger partial charge < -0.3 is 14.3 Å². The topological polar surface area (TPSA) is 38.7 Å². The van der Waals surface area contributed by atoms with Crippen molar-refractivity contribution in [2.75, 3.05) is 0 Å². The molecule has 0 aromatic heterocycles. The lowest BCUT2D eigenvalue weighted by Crippen LogP contribution is -2.69. The minimum atomic E-state index is -2.77. The molecule has 2 bridgehead atoms. The molecule has 1 N–H and O–H groups in total. The number of ether oxygens (including phenoxy) is 1. The molecule has 2 aromatic rings. The van der Waals surface area contributed by atoms with Gasteiger partial charge in [-0.25, -0.2) is 0 Å². The number of hydrogen-bond donors (Lipinski definition) is 1. The number of fused-ring (bicyclic) bond motifs is 1. The number of rotatable bonds is 4. The molecule has 1 saturated heterocycles. The fourth-order valence-corrected chi connectivity index (χ4v) is 11.9. The van der Waals surface area contributed by atoms with Crippen LogP contribution >= 0.6 is 0 Å². The average molecular weight is 473 g/mol. The van der Waals surface area contributed by atoms with E-state index < -0.39 is 14.4 Å². The average Bonchev–Trinajstić information content (AvgIpc) is 3.40. The quantitative estimate of drug-likeness (QED) is 0.516. The third-order valence-corrected chi connectivity index (χ3v) is 13.7. The van der Waals surface area contributed by atoms with Crippen molar-refractivity contribution in [1.29, 1.82) is 0 Å². The highest BCUT2D eigenvalue weighted by Crippen LogP contribution is 2.54. The predicted octanol–water partition coefficient (Wildman–Crippen LogP) is 4.75. The van der Waals surface area contributed by atoms with Crippen molar-refractivity contribution in [2.24, 2.45) is 11.8 Å². The summed E-state index contributed by atoms with van der Waals surface area (Å²) in [6, 6.07) is 21.7. The maximum absolute atomic E-state index is 11.2. The van der Waals surface area contributed by atoms with Crippen molar-refractivity contribution in [1.82, 2.24) is 0 Å². The van der Waals surface area contributed by atoms with Gasteiger partial charge in [0, 0.05) is 0 Å². The summed E-state index contributed by atoms with van der Waals surface area (Å²) in [5.41, 5.74) is 2.50. The molecule has 34 heavy (non-hydrogen) atoms. The van der Waals surface area contributed by atoms with Gasteiger partial charge in [-0.2, -0.15) is 0 Å². The normalized spacial score (nSPS) is 32.6. The first-order chi connectivity index (χ1) is 16.4. The monoisotopic (exact) mass is 472 g/mol. The first-order valence-electron chi connectivity index (χ1n) is 12.9. The van der Waals surface area contributed by atoms with Gasteiger partial charge >= 0.3 is 0 Å². The largest absolute Gasteiger partial charge is 0.398 e. The van der Waals surface area contributed by atoms with Gasteiger partial charge in [0.2, 0.25) is 0 Å². The van der Waals surface area contributed by atoms with Crippen LogP contribution in [0.4, 0.5) is 0 Å². The molecule has 0 saturated carbocycles. The zero-order valence-electron chi connectivity index (χ0n) is 20.5. The molecule has 1 fully saturated rings. The van der Waals surface area contributed by atoms with Gasteiger partial charge in [0.05, 0.1) is 24.4 Å². The van der Waals surface area contributed by atoms with Crippen LogP contribution in [0, 0.1) is 11.8 Å². The fourth-order valence-electron chi connectivity index (χ4n) is 7.26. The summed E-state index contributed by atoms with van der Waals surface area (Å²) in [5.74, 6) is 0.967. The molecule has 4 heteroatoms. The molecule has 0 amide bonds. The van der Waals surface area contributed by atoms with Gasteiger partial charge in [0.1, 0.15) is 0 Å². The molecule has 3 aliphatic carbocycles. The second-order valence-corrected chi connectivity index (χ2v) is 15.8. The summed E-state index contributed by atoms with van der Waals surface area (Å²) in [6.07, 6.45) is 8.05. The summed E-state index contributed by atoms with van der Waals surface area (Å²) in [7, 11) is -2.77. The van der Waals surface area contributed by atoms with Crippen LogP contribution in [0.1, 0.15) is 46.5 Å². The van der Waals surface area contributed by atoms with Crippen molar-refractivity contribution in [2.45, 2.75) is 75.9 Å². The molecule has 2 unspecified atom stereocenters. The molecular weight excluding hydrogens is 436 g/mol. The van der Waals surface area contributed by atoms with Crippen molar-refractivity contribution < 1.29 is 14.3 Å². The molecule has 2 aromatic carbocycles. The first kappa shape index (κ1) is 22.5. The maximum Gasteiger partial charge on any atom is 0.262 e. The lowest BCUT2D eigenvalue weighted by Gasteiger charge is -2.48. The number of allylic oxidation sites excluding steroid dienone is 2. The van der Waals surface area contributed by atoms with Crippen LogP contribution in [0.5, 0.6) is 0 Å². The minimum absolute atomic E-state index is 0.00750. The minimum Gasteiger partial charge on any atom is -0.398 e. The number of aliphatic hydroxyl groups is 1. The van der Waals surface area contributed by atoms with E-state index in [2.05, 4.69) is 93.6 Å². The molecule has 3 nitrogen and oxygen atoms in total. The van der Waals surface area contributed by atoms with Crippen molar-refractivity contribution in [3.8, 4) is 0 Å². The molecule has 6 rings (SSSR count). The fraction of sp³-hybridized carbons (Fsp3) is 0.467. The van der Waals surface area contributed by atoms with Crippen LogP contribution in [0.15, 0.2) is 84.0 Å². The van der Waals surface area contributed by atoms with E-state index in [9.17, 15) is 5.11 Å². The van der Waals surface area contributed by atoms with E-state index in [4.69, 9.17) is 9.16 Å². The number of hydrogen-bond acceptors (Lipinski definition) is 3. The molecule has 178 valence electrons. The van der Waals surface area contributed by atoms with Gasteiger partial charge in [0.15, 0.2) is 0 Å². The Morgan fingerprint density at radius 3 is 2.06 bits per heavy atom. The molecule has 0 spiro atoms. The predicted molar refractivity (Wildman–Crippen MR) is 139 cm³/mol. The van der Waals surface area contributed by atoms with Crippen LogP contribution in [-0.2, 0) is 9.16 Å². The molecular formula is C30H36O3Si. The lowest BCUT2D eigenvalue weighted by atomic mass is 9.78. The molecule has 0 radical (unpaired) electrons. The third-order valence-electron chi connectivity index (χ3n) is 8.73. The van der Waals surface area contributed by atoms with E-state index in [1.165, 1.54) is 15.9 Å². The van der Waals surface area contributed by atoms with E-state index in [0.29, 0.717) is 11.8 Å². The van der Waals surface area contributed by atoms with Gasteiger partial charge in [-0.05, 0) is 64.1 Å². The second kappa shape index (κ2) is 8.30. The Morgan fingerprint density at radius 1 is 0.882 bits per heavy atom. The first-order valence-corrected chi connectivity index (χ1v) is 14.8. The zero-order chi connectivity index (χ0) is 23.5. The second-order valence-electron chi connectivity index (χ2n) is 11.5.